The second-order valence-electron chi connectivity index (χ2n) is 4.44. The molecule has 4 heteroatoms. The Morgan fingerprint density at radius 2 is 2.00 bits per heavy atom. The van der Waals surface area contributed by atoms with Crippen LogP contribution in [0.2, 0.25) is 5.02 Å². The smallest absolute Gasteiger partial charge is 0.321 e. The van der Waals surface area contributed by atoms with Gasteiger partial charge in [-0.05, 0) is 43.9 Å². The number of hydrogen-bond acceptors (Lipinski definition) is 1. The van der Waals surface area contributed by atoms with Gasteiger partial charge in [0.05, 0.1) is 0 Å². The molecule has 2 rings (SSSR count). The van der Waals surface area contributed by atoms with Crippen LogP contribution in [0.15, 0.2) is 18.2 Å². The van der Waals surface area contributed by atoms with Crippen molar-refractivity contribution in [3.05, 3.63) is 28.8 Å². The molecule has 1 heterocycles. The quantitative estimate of drug-likeness (QED) is 0.813. The van der Waals surface area contributed by atoms with Gasteiger partial charge in [-0.15, -0.1) is 0 Å². The van der Waals surface area contributed by atoms with Crippen LogP contribution in [0.5, 0.6) is 0 Å². The van der Waals surface area contributed by atoms with Crippen LogP contribution in [0.1, 0.15) is 24.8 Å². The van der Waals surface area contributed by atoms with Gasteiger partial charge in [0.1, 0.15) is 0 Å². The number of piperidine rings is 1. The van der Waals surface area contributed by atoms with Crippen molar-refractivity contribution < 1.29 is 4.79 Å². The standard InChI is InChI=1S/C13H17ClN2O/c1-10-5-6-11(14)9-12(10)15-13(17)16-7-3-2-4-8-16/h5-6,9H,2-4,7-8H2,1H3,(H,15,17). The van der Waals surface area contributed by atoms with E-state index in [1.807, 2.05) is 24.0 Å². The molecule has 0 atom stereocenters. The lowest BCUT2D eigenvalue weighted by atomic mass is 10.1. The molecule has 0 saturated carbocycles. The van der Waals surface area contributed by atoms with Crippen molar-refractivity contribution >= 4 is 23.3 Å². The van der Waals surface area contributed by atoms with E-state index in [2.05, 4.69) is 5.32 Å². The van der Waals surface area contributed by atoms with E-state index in [4.69, 9.17) is 11.6 Å². The van der Waals surface area contributed by atoms with Crippen molar-refractivity contribution in [3.8, 4) is 0 Å². The molecule has 1 fully saturated rings. The fourth-order valence-electron chi connectivity index (χ4n) is 2.02. The van der Waals surface area contributed by atoms with Gasteiger partial charge in [0, 0.05) is 23.8 Å². The summed E-state index contributed by atoms with van der Waals surface area (Å²) in [5.74, 6) is 0. The van der Waals surface area contributed by atoms with Gasteiger partial charge in [0.2, 0.25) is 0 Å². The zero-order valence-corrected chi connectivity index (χ0v) is 10.8. The molecule has 1 aromatic carbocycles. The van der Waals surface area contributed by atoms with Gasteiger partial charge in [-0.25, -0.2) is 4.79 Å². The van der Waals surface area contributed by atoms with E-state index in [0.29, 0.717) is 5.02 Å². The highest BCUT2D eigenvalue weighted by Crippen LogP contribution is 2.21. The molecule has 92 valence electrons. The Hall–Kier alpha value is -1.22. The lowest BCUT2D eigenvalue weighted by Crippen LogP contribution is -2.38. The first kappa shape index (κ1) is 12.2. The lowest BCUT2D eigenvalue weighted by molar-refractivity contribution is 0.200. The summed E-state index contributed by atoms with van der Waals surface area (Å²) in [5.41, 5.74) is 1.83. The number of carbonyl (C=O) groups excluding carboxylic acids is 1. The largest absolute Gasteiger partial charge is 0.325 e. The molecule has 0 aromatic heterocycles. The van der Waals surface area contributed by atoms with Gasteiger partial charge in [-0.3, -0.25) is 0 Å². The number of benzene rings is 1. The van der Waals surface area contributed by atoms with Crippen LogP contribution in [0.25, 0.3) is 0 Å². The fourth-order valence-corrected chi connectivity index (χ4v) is 2.19. The number of carbonyl (C=O) groups is 1. The van der Waals surface area contributed by atoms with Crippen LogP contribution in [0, 0.1) is 6.92 Å². The first-order valence-corrected chi connectivity index (χ1v) is 6.37. The van der Waals surface area contributed by atoms with Crippen molar-refractivity contribution in [3.63, 3.8) is 0 Å². The number of nitrogens with zero attached hydrogens (tertiary/aromatic N) is 1. The van der Waals surface area contributed by atoms with E-state index in [9.17, 15) is 4.79 Å². The Labute approximate surface area is 107 Å². The Kier molecular flexibility index (Phi) is 3.89. The van der Waals surface area contributed by atoms with Gasteiger partial charge in [-0.1, -0.05) is 17.7 Å². The second-order valence-corrected chi connectivity index (χ2v) is 4.87. The predicted molar refractivity (Wildman–Crippen MR) is 70.6 cm³/mol. The summed E-state index contributed by atoms with van der Waals surface area (Å²) in [7, 11) is 0. The Balaban J connectivity index is 2.04. The first-order valence-electron chi connectivity index (χ1n) is 5.99. The van der Waals surface area contributed by atoms with E-state index < -0.39 is 0 Å². The molecule has 1 aliphatic rings. The van der Waals surface area contributed by atoms with Crippen molar-refractivity contribution in [1.82, 2.24) is 4.90 Å². The fraction of sp³-hybridized carbons (Fsp3) is 0.462. The summed E-state index contributed by atoms with van der Waals surface area (Å²) in [4.78, 5) is 13.9. The minimum atomic E-state index is -0.0185. The van der Waals surface area contributed by atoms with Gasteiger partial charge in [0.25, 0.3) is 0 Å². The molecule has 0 unspecified atom stereocenters. The first-order chi connectivity index (χ1) is 8.16. The molecule has 0 aliphatic carbocycles. The topological polar surface area (TPSA) is 32.3 Å². The molecule has 17 heavy (non-hydrogen) atoms. The zero-order chi connectivity index (χ0) is 12.3. The number of aryl methyl sites for hydroxylation is 1. The Bertz CT molecular complexity index is 414. The molecular weight excluding hydrogens is 236 g/mol. The van der Waals surface area contributed by atoms with Crippen LogP contribution in [0.4, 0.5) is 10.5 Å². The number of urea groups is 1. The molecular formula is C13H17ClN2O. The third-order valence-corrected chi connectivity index (χ3v) is 3.32. The summed E-state index contributed by atoms with van der Waals surface area (Å²) >= 11 is 5.92. The molecule has 0 radical (unpaired) electrons. The van der Waals surface area contributed by atoms with E-state index in [0.717, 1.165) is 37.2 Å². The molecule has 3 nitrogen and oxygen atoms in total. The number of rotatable bonds is 1. The normalized spacial score (nSPS) is 15.8. The van der Waals surface area contributed by atoms with Crippen LogP contribution >= 0.6 is 11.6 Å². The van der Waals surface area contributed by atoms with Crippen LogP contribution in [-0.2, 0) is 0 Å². The maximum atomic E-state index is 12.0. The monoisotopic (exact) mass is 252 g/mol. The molecule has 1 aliphatic heterocycles. The number of anilines is 1. The maximum absolute atomic E-state index is 12.0. The van der Waals surface area contributed by atoms with E-state index in [-0.39, 0.29) is 6.03 Å². The van der Waals surface area contributed by atoms with Crippen LogP contribution in [0.3, 0.4) is 0 Å². The van der Waals surface area contributed by atoms with Gasteiger partial charge >= 0.3 is 6.03 Å². The molecule has 1 aromatic rings. The molecule has 0 bridgehead atoms. The number of hydrogen-bond donors (Lipinski definition) is 1. The average molecular weight is 253 g/mol. The van der Waals surface area contributed by atoms with Crippen molar-refractivity contribution in [2.75, 3.05) is 18.4 Å². The van der Waals surface area contributed by atoms with Crippen molar-refractivity contribution in [2.45, 2.75) is 26.2 Å². The number of amides is 2. The maximum Gasteiger partial charge on any atom is 0.321 e. The summed E-state index contributed by atoms with van der Waals surface area (Å²) in [6, 6.07) is 5.51. The van der Waals surface area contributed by atoms with E-state index in [1.54, 1.807) is 6.07 Å². The Morgan fingerprint density at radius 3 is 2.71 bits per heavy atom. The van der Waals surface area contributed by atoms with E-state index >= 15 is 0 Å². The Morgan fingerprint density at radius 1 is 1.29 bits per heavy atom. The summed E-state index contributed by atoms with van der Waals surface area (Å²) in [5, 5.41) is 3.57. The van der Waals surface area contributed by atoms with E-state index in [1.165, 1.54) is 6.42 Å². The summed E-state index contributed by atoms with van der Waals surface area (Å²) in [6.07, 6.45) is 3.42. The summed E-state index contributed by atoms with van der Waals surface area (Å²) in [6.45, 7) is 3.67. The third-order valence-electron chi connectivity index (χ3n) is 3.08. The predicted octanol–water partition coefficient (Wildman–Crippen LogP) is 3.67. The summed E-state index contributed by atoms with van der Waals surface area (Å²) < 4.78 is 0. The number of nitrogens with one attached hydrogen (secondary N) is 1. The molecule has 1 N–H and O–H groups in total. The highest BCUT2D eigenvalue weighted by molar-refractivity contribution is 6.31. The average Bonchev–Trinajstić information content (AvgIpc) is 2.35. The number of likely N-dealkylation sites (tertiary alicyclic amines) is 1. The third kappa shape index (κ3) is 3.13. The highest BCUT2D eigenvalue weighted by atomic mass is 35.5. The van der Waals surface area contributed by atoms with Gasteiger partial charge in [-0.2, -0.15) is 0 Å². The second kappa shape index (κ2) is 5.41. The molecule has 0 spiro atoms. The minimum absolute atomic E-state index is 0.0185. The lowest BCUT2D eigenvalue weighted by Gasteiger charge is -2.27. The van der Waals surface area contributed by atoms with Crippen molar-refractivity contribution in [2.24, 2.45) is 0 Å². The van der Waals surface area contributed by atoms with Gasteiger partial charge < -0.3 is 10.2 Å². The zero-order valence-electron chi connectivity index (χ0n) is 10.0. The number of halogens is 1. The SMILES string of the molecule is Cc1ccc(Cl)cc1NC(=O)N1CCCCC1. The van der Waals surface area contributed by atoms with Crippen LogP contribution in [-0.4, -0.2) is 24.0 Å². The minimum Gasteiger partial charge on any atom is -0.325 e. The van der Waals surface area contributed by atoms with Gasteiger partial charge in [0.15, 0.2) is 0 Å². The van der Waals surface area contributed by atoms with Crippen molar-refractivity contribution in [1.29, 1.82) is 0 Å². The molecule has 1 saturated heterocycles. The highest BCUT2D eigenvalue weighted by Gasteiger charge is 2.16. The molecule has 2 amide bonds. The van der Waals surface area contributed by atoms with Crippen LogP contribution < -0.4 is 5.32 Å².